The Morgan fingerprint density at radius 1 is 0.966 bits per heavy atom. The van der Waals surface area contributed by atoms with Crippen LogP contribution in [0.5, 0.6) is 0 Å². The third-order valence-corrected chi connectivity index (χ3v) is 4.58. The second-order valence-electron chi connectivity index (χ2n) is 6.50. The van der Waals surface area contributed by atoms with Gasteiger partial charge in [0.05, 0.1) is 18.8 Å². The fourth-order valence-electron chi connectivity index (χ4n) is 3.10. The summed E-state index contributed by atoms with van der Waals surface area (Å²) in [7, 11) is 0. The molecular weight excluding hydrogens is 383 g/mol. The molecule has 0 aromatic heterocycles. The monoisotopic (exact) mass is 403 g/mol. The van der Waals surface area contributed by atoms with Crippen LogP contribution < -0.4 is 4.90 Å². The lowest BCUT2D eigenvalue weighted by atomic mass is 9.96. The number of halogens is 3. The molecule has 0 saturated carbocycles. The van der Waals surface area contributed by atoms with E-state index in [9.17, 15) is 18.0 Å². The lowest BCUT2D eigenvalue weighted by Gasteiger charge is -2.29. The van der Waals surface area contributed by atoms with Crippen molar-refractivity contribution in [3.05, 3.63) is 83.4 Å². The van der Waals surface area contributed by atoms with Gasteiger partial charge in [-0.15, -0.1) is 0 Å². The van der Waals surface area contributed by atoms with Gasteiger partial charge in [0, 0.05) is 24.9 Å². The van der Waals surface area contributed by atoms with Crippen LogP contribution in [0.2, 0.25) is 0 Å². The Bertz CT molecular complexity index is 894. The zero-order valence-electron chi connectivity index (χ0n) is 15.5. The average Bonchev–Trinajstić information content (AvgIpc) is 2.71. The van der Waals surface area contributed by atoms with E-state index in [1.165, 1.54) is 18.2 Å². The Morgan fingerprint density at radius 3 is 2.03 bits per heavy atom. The van der Waals surface area contributed by atoms with Gasteiger partial charge in [0.2, 0.25) is 0 Å². The molecule has 0 amide bonds. The number of aliphatic carboxylic acids is 1. The van der Waals surface area contributed by atoms with Gasteiger partial charge < -0.3 is 14.7 Å². The molecule has 0 spiro atoms. The molecule has 2 aromatic rings. The SMILES string of the molecule is O=C(O)/C=C/C=C(/c1ccc(N2CCOCC2)cc1)c1ccc(C(F)(F)F)cc1. The highest BCUT2D eigenvalue weighted by molar-refractivity contribution is 5.84. The molecular formula is C22H20F3NO3. The first kappa shape index (κ1) is 20.7. The molecule has 1 heterocycles. The van der Waals surface area contributed by atoms with Gasteiger partial charge in [-0.25, -0.2) is 4.79 Å². The summed E-state index contributed by atoms with van der Waals surface area (Å²) in [5, 5.41) is 8.82. The normalized spacial score (nSPS) is 15.7. The van der Waals surface area contributed by atoms with Crippen molar-refractivity contribution in [2.24, 2.45) is 0 Å². The number of anilines is 1. The summed E-state index contributed by atoms with van der Waals surface area (Å²) >= 11 is 0. The maximum Gasteiger partial charge on any atom is 0.416 e. The second-order valence-corrected chi connectivity index (χ2v) is 6.50. The van der Waals surface area contributed by atoms with E-state index in [0.717, 1.165) is 42.5 Å². The summed E-state index contributed by atoms with van der Waals surface area (Å²) in [5.74, 6) is -1.10. The Labute approximate surface area is 166 Å². The topological polar surface area (TPSA) is 49.8 Å². The predicted octanol–water partition coefficient (Wildman–Crippen LogP) is 4.61. The standard InChI is InChI=1S/C22H20F3NO3/c23-22(24,25)18-8-4-16(5-9-18)20(2-1-3-21(27)28)17-6-10-19(11-7-17)26-12-14-29-15-13-26/h1-11H,12-15H2,(H,27,28)/b3-1+,20-2+. The Morgan fingerprint density at radius 2 is 1.52 bits per heavy atom. The summed E-state index contributed by atoms with van der Waals surface area (Å²) in [5.41, 5.74) is 2.27. The van der Waals surface area contributed by atoms with Gasteiger partial charge in [-0.05, 0) is 41.0 Å². The summed E-state index contributed by atoms with van der Waals surface area (Å²) in [6, 6.07) is 12.5. The van der Waals surface area contributed by atoms with Gasteiger partial charge >= 0.3 is 12.1 Å². The quantitative estimate of drug-likeness (QED) is 0.585. The molecule has 1 fully saturated rings. The molecule has 4 nitrogen and oxygen atoms in total. The van der Waals surface area contributed by atoms with Crippen molar-refractivity contribution in [1.82, 2.24) is 0 Å². The molecule has 2 aromatic carbocycles. The molecule has 7 heteroatoms. The van der Waals surface area contributed by atoms with Crippen LogP contribution in [0.15, 0.2) is 66.8 Å². The van der Waals surface area contributed by atoms with Gasteiger partial charge in [-0.1, -0.05) is 36.4 Å². The van der Waals surface area contributed by atoms with E-state index in [2.05, 4.69) is 4.90 Å². The van der Waals surface area contributed by atoms with E-state index in [1.54, 1.807) is 6.08 Å². The molecule has 1 aliphatic rings. The van der Waals surface area contributed by atoms with Crippen LogP contribution in [-0.2, 0) is 15.7 Å². The van der Waals surface area contributed by atoms with Crippen molar-refractivity contribution < 1.29 is 27.8 Å². The first-order chi connectivity index (χ1) is 13.8. The zero-order chi connectivity index (χ0) is 20.9. The van der Waals surface area contributed by atoms with E-state index in [1.807, 2.05) is 24.3 Å². The molecule has 0 aliphatic carbocycles. The molecule has 3 rings (SSSR count). The fraction of sp³-hybridized carbons (Fsp3) is 0.227. The Kier molecular flexibility index (Phi) is 6.39. The summed E-state index contributed by atoms with van der Waals surface area (Å²) < 4.78 is 43.9. The number of benzene rings is 2. The van der Waals surface area contributed by atoms with Crippen molar-refractivity contribution in [2.75, 3.05) is 31.2 Å². The van der Waals surface area contributed by atoms with Gasteiger partial charge in [-0.2, -0.15) is 13.2 Å². The smallest absolute Gasteiger partial charge is 0.416 e. The number of carboxylic acid groups (broad SMARTS) is 1. The zero-order valence-corrected chi connectivity index (χ0v) is 15.5. The second kappa shape index (κ2) is 8.96. The first-order valence-electron chi connectivity index (χ1n) is 9.06. The number of morpholine rings is 1. The van der Waals surface area contributed by atoms with Gasteiger partial charge in [0.25, 0.3) is 0 Å². The molecule has 1 saturated heterocycles. The highest BCUT2D eigenvalue weighted by Crippen LogP contribution is 2.32. The van der Waals surface area contributed by atoms with Crippen LogP contribution in [0.25, 0.3) is 5.57 Å². The number of rotatable bonds is 5. The molecule has 0 radical (unpaired) electrons. The molecule has 0 bridgehead atoms. The Hall–Kier alpha value is -3.06. The lowest BCUT2D eigenvalue weighted by Crippen LogP contribution is -2.36. The summed E-state index contributed by atoms with van der Waals surface area (Å²) in [6.07, 6.45) is -0.483. The number of ether oxygens (including phenoxy) is 1. The van der Waals surface area contributed by atoms with Crippen LogP contribution in [0, 0.1) is 0 Å². The van der Waals surface area contributed by atoms with Crippen LogP contribution in [0.4, 0.5) is 18.9 Å². The first-order valence-corrected chi connectivity index (χ1v) is 9.06. The minimum Gasteiger partial charge on any atom is -0.478 e. The number of hydrogen-bond donors (Lipinski definition) is 1. The largest absolute Gasteiger partial charge is 0.478 e. The fourth-order valence-corrected chi connectivity index (χ4v) is 3.10. The van der Waals surface area contributed by atoms with E-state index >= 15 is 0 Å². The van der Waals surface area contributed by atoms with Gasteiger partial charge in [0.1, 0.15) is 0 Å². The molecule has 1 N–H and O–H groups in total. The van der Waals surface area contributed by atoms with E-state index in [0.29, 0.717) is 24.4 Å². The third kappa shape index (κ3) is 5.48. The maximum atomic E-state index is 12.9. The van der Waals surface area contributed by atoms with Crippen LogP contribution in [0.1, 0.15) is 16.7 Å². The van der Waals surface area contributed by atoms with E-state index in [4.69, 9.17) is 9.84 Å². The summed E-state index contributed by atoms with van der Waals surface area (Å²) in [6.45, 7) is 2.92. The van der Waals surface area contributed by atoms with Gasteiger partial charge in [-0.3, -0.25) is 0 Å². The molecule has 0 atom stereocenters. The molecule has 0 unspecified atom stereocenters. The van der Waals surface area contributed by atoms with Crippen molar-refractivity contribution in [3.8, 4) is 0 Å². The minimum atomic E-state index is -4.41. The van der Waals surface area contributed by atoms with E-state index < -0.39 is 17.7 Å². The number of hydrogen-bond acceptors (Lipinski definition) is 3. The molecule has 29 heavy (non-hydrogen) atoms. The van der Waals surface area contributed by atoms with Crippen molar-refractivity contribution in [2.45, 2.75) is 6.18 Å². The third-order valence-electron chi connectivity index (χ3n) is 4.58. The van der Waals surface area contributed by atoms with Crippen molar-refractivity contribution >= 4 is 17.2 Å². The lowest BCUT2D eigenvalue weighted by molar-refractivity contribution is -0.137. The number of nitrogens with zero attached hydrogens (tertiary/aromatic N) is 1. The maximum absolute atomic E-state index is 12.9. The average molecular weight is 403 g/mol. The van der Waals surface area contributed by atoms with Gasteiger partial charge in [0.15, 0.2) is 0 Å². The van der Waals surface area contributed by atoms with Crippen LogP contribution in [0.3, 0.4) is 0 Å². The summed E-state index contributed by atoms with van der Waals surface area (Å²) in [4.78, 5) is 13.0. The number of alkyl halides is 3. The Balaban J connectivity index is 1.92. The highest BCUT2D eigenvalue weighted by atomic mass is 19.4. The molecule has 152 valence electrons. The predicted molar refractivity (Wildman–Crippen MR) is 105 cm³/mol. The number of carboxylic acids is 1. The molecule has 1 aliphatic heterocycles. The highest BCUT2D eigenvalue weighted by Gasteiger charge is 2.30. The number of carbonyl (C=O) groups is 1. The van der Waals surface area contributed by atoms with Crippen molar-refractivity contribution in [1.29, 1.82) is 0 Å². The van der Waals surface area contributed by atoms with Crippen LogP contribution >= 0.6 is 0 Å². The minimum absolute atomic E-state index is 0.562. The van der Waals surface area contributed by atoms with E-state index in [-0.39, 0.29) is 0 Å². The van der Waals surface area contributed by atoms with Crippen LogP contribution in [-0.4, -0.2) is 37.4 Å². The van der Waals surface area contributed by atoms with Crippen molar-refractivity contribution in [3.63, 3.8) is 0 Å². The number of allylic oxidation sites excluding steroid dienone is 2.